The Morgan fingerprint density at radius 2 is 1.71 bits per heavy atom. The van der Waals surface area contributed by atoms with Gasteiger partial charge in [0.05, 0.1) is 10.6 Å². The second-order valence-electron chi connectivity index (χ2n) is 4.73. The van der Waals surface area contributed by atoms with Crippen LogP contribution in [0.5, 0.6) is 5.88 Å². The fourth-order valence-electron chi connectivity index (χ4n) is 2.08. The van der Waals surface area contributed by atoms with Gasteiger partial charge in [-0.05, 0) is 18.2 Å². The number of H-pyrrole nitrogens is 1. The molecule has 24 heavy (non-hydrogen) atoms. The van der Waals surface area contributed by atoms with Gasteiger partial charge in [0.15, 0.2) is 5.69 Å². The zero-order valence-corrected chi connectivity index (χ0v) is 12.2. The minimum absolute atomic E-state index is 0.0197. The van der Waals surface area contributed by atoms with Gasteiger partial charge in [0.25, 0.3) is 11.2 Å². The maximum Gasteiger partial charge on any atom is 0.296 e. The smallest absolute Gasteiger partial charge is 0.296 e. The van der Waals surface area contributed by atoms with Crippen molar-refractivity contribution in [2.75, 3.05) is 0 Å². The molecule has 0 aliphatic rings. The molecule has 0 aliphatic carbocycles. The monoisotopic (exact) mass is 325 g/mol. The third-order valence-corrected chi connectivity index (χ3v) is 3.20. The van der Waals surface area contributed by atoms with Gasteiger partial charge in [-0.25, -0.2) is 4.68 Å². The van der Waals surface area contributed by atoms with E-state index in [0.29, 0.717) is 5.69 Å². The number of hydrogen-bond acceptors (Lipinski definition) is 6. The second-order valence-corrected chi connectivity index (χ2v) is 4.73. The summed E-state index contributed by atoms with van der Waals surface area (Å²) in [5.41, 5.74) is -0.747. The first kappa shape index (κ1) is 15.2. The quantitative estimate of drug-likeness (QED) is 0.434. The van der Waals surface area contributed by atoms with E-state index in [4.69, 9.17) is 0 Å². The number of nitrogens with zero attached hydrogens (tertiary/aromatic N) is 4. The lowest BCUT2D eigenvalue weighted by molar-refractivity contribution is -0.384. The van der Waals surface area contributed by atoms with Crippen LogP contribution < -0.4 is 5.56 Å². The van der Waals surface area contributed by atoms with Gasteiger partial charge in [0.1, 0.15) is 0 Å². The Bertz CT molecular complexity index is 975. The van der Waals surface area contributed by atoms with E-state index in [1.165, 1.54) is 18.2 Å². The number of rotatable bonds is 4. The number of aromatic hydroxyl groups is 1. The number of nitro benzene ring substituents is 1. The number of para-hydroxylation sites is 2. The van der Waals surface area contributed by atoms with Crippen molar-refractivity contribution in [2.45, 2.75) is 0 Å². The molecule has 2 N–H and O–H groups in total. The average Bonchev–Trinajstić information content (AvgIpc) is 2.88. The summed E-state index contributed by atoms with van der Waals surface area (Å²) >= 11 is 0. The Hall–Kier alpha value is -3.75. The first-order valence-electron chi connectivity index (χ1n) is 6.82. The zero-order valence-electron chi connectivity index (χ0n) is 12.2. The van der Waals surface area contributed by atoms with Crippen LogP contribution >= 0.6 is 0 Å². The highest BCUT2D eigenvalue weighted by Gasteiger charge is 2.16. The number of nitrogens with one attached hydrogen (secondary N) is 1. The molecule has 3 aromatic rings. The van der Waals surface area contributed by atoms with Crippen molar-refractivity contribution < 1.29 is 10.0 Å². The molecule has 2 aromatic carbocycles. The summed E-state index contributed by atoms with van der Waals surface area (Å²) in [4.78, 5) is 22.3. The lowest BCUT2D eigenvalue weighted by atomic mass is 10.3. The van der Waals surface area contributed by atoms with Gasteiger partial charge in [-0.2, -0.15) is 0 Å². The molecule has 120 valence electrons. The Morgan fingerprint density at radius 1 is 1.04 bits per heavy atom. The van der Waals surface area contributed by atoms with E-state index in [-0.39, 0.29) is 17.1 Å². The molecule has 0 atom stereocenters. The number of nitro groups is 1. The molecular weight excluding hydrogens is 314 g/mol. The number of aromatic nitrogens is 2. The van der Waals surface area contributed by atoms with E-state index >= 15 is 0 Å². The highest BCUT2D eigenvalue weighted by atomic mass is 16.6. The summed E-state index contributed by atoms with van der Waals surface area (Å²) in [7, 11) is 0. The van der Waals surface area contributed by atoms with Gasteiger partial charge in [0, 0.05) is 6.07 Å². The highest BCUT2D eigenvalue weighted by Crippen LogP contribution is 2.30. The molecule has 3 rings (SSSR count). The summed E-state index contributed by atoms with van der Waals surface area (Å²) in [6.07, 6.45) is 0. The topological polar surface area (TPSA) is 126 Å². The van der Waals surface area contributed by atoms with E-state index in [1.807, 2.05) is 0 Å². The first-order valence-corrected chi connectivity index (χ1v) is 6.82. The fraction of sp³-hybridized carbons (Fsp3) is 0. The molecule has 0 amide bonds. The molecule has 9 nitrogen and oxygen atoms in total. The largest absolute Gasteiger partial charge is 0.492 e. The third kappa shape index (κ3) is 2.77. The summed E-state index contributed by atoms with van der Waals surface area (Å²) in [5, 5.41) is 30.9. The Kier molecular flexibility index (Phi) is 3.89. The van der Waals surface area contributed by atoms with Crippen LogP contribution in [0.3, 0.4) is 0 Å². The van der Waals surface area contributed by atoms with Crippen molar-refractivity contribution >= 4 is 17.1 Å². The lowest BCUT2D eigenvalue weighted by Gasteiger charge is -2.02. The van der Waals surface area contributed by atoms with E-state index in [1.54, 1.807) is 36.4 Å². The SMILES string of the molecule is O=c1[nH]n(-c2ccccc2)c(O)c1N=Nc1ccccc1[N+](=O)[O-]. The fourth-order valence-corrected chi connectivity index (χ4v) is 2.08. The van der Waals surface area contributed by atoms with Crippen LogP contribution in [-0.2, 0) is 0 Å². The number of aromatic amines is 1. The number of hydrogen-bond donors (Lipinski definition) is 2. The van der Waals surface area contributed by atoms with Crippen molar-refractivity contribution in [1.29, 1.82) is 0 Å². The lowest BCUT2D eigenvalue weighted by Crippen LogP contribution is -2.03. The number of azo groups is 1. The molecule has 9 heteroatoms. The summed E-state index contributed by atoms with van der Waals surface area (Å²) in [6.45, 7) is 0. The van der Waals surface area contributed by atoms with Crippen LogP contribution in [0.2, 0.25) is 0 Å². The number of benzene rings is 2. The van der Waals surface area contributed by atoms with Crippen LogP contribution in [0.25, 0.3) is 5.69 Å². The molecule has 0 saturated heterocycles. The minimum atomic E-state index is -0.668. The van der Waals surface area contributed by atoms with Gasteiger partial charge in [-0.1, -0.05) is 30.3 Å². The van der Waals surface area contributed by atoms with Crippen LogP contribution in [0, 0.1) is 10.1 Å². The van der Waals surface area contributed by atoms with E-state index in [9.17, 15) is 20.0 Å². The molecule has 0 aliphatic heterocycles. The van der Waals surface area contributed by atoms with E-state index in [0.717, 1.165) is 4.68 Å². The van der Waals surface area contributed by atoms with Crippen molar-refractivity contribution in [2.24, 2.45) is 10.2 Å². The van der Waals surface area contributed by atoms with E-state index in [2.05, 4.69) is 15.3 Å². The Balaban J connectivity index is 2.02. The summed E-state index contributed by atoms with van der Waals surface area (Å²) in [5.74, 6) is -0.437. The minimum Gasteiger partial charge on any atom is -0.492 e. The van der Waals surface area contributed by atoms with Gasteiger partial charge in [-0.15, -0.1) is 10.2 Å². The zero-order chi connectivity index (χ0) is 17.1. The van der Waals surface area contributed by atoms with Crippen LogP contribution in [0.1, 0.15) is 0 Å². The van der Waals surface area contributed by atoms with Crippen molar-refractivity contribution in [1.82, 2.24) is 9.78 Å². The van der Waals surface area contributed by atoms with E-state index < -0.39 is 16.4 Å². The molecule has 0 spiro atoms. The Labute approximate surface area is 134 Å². The normalized spacial score (nSPS) is 11.0. The Morgan fingerprint density at radius 3 is 2.42 bits per heavy atom. The van der Waals surface area contributed by atoms with Crippen molar-refractivity contribution in [3.63, 3.8) is 0 Å². The average molecular weight is 325 g/mol. The highest BCUT2D eigenvalue weighted by molar-refractivity contribution is 5.57. The third-order valence-electron chi connectivity index (χ3n) is 3.20. The van der Waals surface area contributed by atoms with Crippen LogP contribution in [-0.4, -0.2) is 19.8 Å². The van der Waals surface area contributed by atoms with Gasteiger partial charge < -0.3 is 5.11 Å². The van der Waals surface area contributed by atoms with Crippen LogP contribution in [0.15, 0.2) is 69.6 Å². The molecule has 1 heterocycles. The molecule has 0 unspecified atom stereocenters. The first-order chi connectivity index (χ1) is 11.6. The molecule has 0 saturated carbocycles. The molecular formula is C15H11N5O4. The van der Waals surface area contributed by atoms with Crippen molar-refractivity contribution in [3.05, 3.63) is 75.1 Å². The second kappa shape index (κ2) is 6.16. The predicted octanol–water partition coefficient (Wildman–Crippen LogP) is 3.19. The molecule has 0 radical (unpaired) electrons. The predicted molar refractivity (Wildman–Crippen MR) is 85.3 cm³/mol. The van der Waals surface area contributed by atoms with Crippen molar-refractivity contribution in [3.8, 4) is 11.6 Å². The molecule has 1 aromatic heterocycles. The maximum atomic E-state index is 12.0. The summed E-state index contributed by atoms with van der Waals surface area (Å²) < 4.78 is 1.15. The standard InChI is InChI=1S/C15H11N5O4/c21-14-13(15(22)19(18-14)10-6-2-1-3-7-10)17-16-11-8-4-5-9-12(11)20(23)24/h1-9,22H,(H,18,21). The maximum absolute atomic E-state index is 12.0. The summed E-state index contributed by atoms with van der Waals surface area (Å²) in [6, 6.07) is 14.3. The van der Waals surface area contributed by atoms with Crippen LogP contribution in [0.4, 0.5) is 17.1 Å². The van der Waals surface area contributed by atoms with Gasteiger partial charge in [-0.3, -0.25) is 20.0 Å². The molecule has 0 fully saturated rings. The molecule has 0 bridgehead atoms. The van der Waals surface area contributed by atoms with Gasteiger partial charge in [0.2, 0.25) is 11.6 Å². The van der Waals surface area contributed by atoms with Gasteiger partial charge >= 0.3 is 0 Å².